The number of methoxy groups -OCH3 is 1. The summed E-state index contributed by atoms with van der Waals surface area (Å²) in [4.78, 5) is 0.878. The number of nitrogens with two attached hydrogens (primary N) is 1. The molecule has 6 heteroatoms. The topological polar surface area (TPSA) is 61.3 Å². The molecule has 0 aromatic carbocycles. The molecule has 0 amide bonds. The summed E-state index contributed by atoms with van der Waals surface area (Å²) in [6.45, 7) is 0. The Morgan fingerprint density at radius 2 is 2.43 bits per heavy atom. The lowest BCUT2D eigenvalue weighted by Crippen LogP contribution is -1.84. The van der Waals surface area contributed by atoms with Crippen LogP contribution in [0.25, 0.3) is 10.6 Å². The molecule has 0 saturated carbocycles. The van der Waals surface area contributed by atoms with Crippen LogP contribution in [0.3, 0.4) is 0 Å². The molecule has 0 unspecified atom stereocenters. The van der Waals surface area contributed by atoms with Gasteiger partial charge in [0.15, 0.2) is 11.6 Å². The maximum atomic E-state index is 5.55. The maximum absolute atomic E-state index is 5.55. The summed E-state index contributed by atoms with van der Waals surface area (Å²) in [5.41, 5.74) is 5.55. The number of ether oxygens (including phenoxy) is 1. The largest absolute Gasteiger partial charge is 0.495 e. The molecule has 0 bridgehead atoms. The van der Waals surface area contributed by atoms with Gasteiger partial charge in [-0.25, -0.2) is 0 Å². The van der Waals surface area contributed by atoms with Gasteiger partial charge in [-0.2, -0.15) is 0 Å². The maximum Gasteiger partial charge on any atom is 0.197 e. The van der Waals surface area contributed by atoms with Crippen LogP contribution in [0.4, 0.5) is 5.82 Å². The second-order valence-corrected chi connectivity index (χ2v) is 4.24. The number of anilines is 1. The SMILES string of the molecule is COc1ccsc1-c1onc(N)c1Br. The van der Waals surface area contributed by atoms with Crippen LogP contribution in [-0.4, -0.2) is 12.3 Å². The van der Waals surface area contributed by atoms with Crippen molar-refractivity contribution in [3.8, 4) is 16.4 Å². The van der Waals surface area contributed by atoms with Crippen molar-refractivity contribution in [3.63, 3.8) is 0 Å². The molecule has 0 radical (unpaired) electrons. The Balaban J connectivity index is 2.54. The average Bonchev–Trinajstić information content (AvgIpc) is 2.75. The van der Waals surface area contributed by atoms with Crippen LogP contribution < -0.4 is 10.5 Å². The smallest absolute Gasteiger partial charge is 0.197 e. The predicted octanol–water partition coefficient (Wildman–Crippen LogP) is 2.76. The van der Waals surface area contributed by atoms with E-state index < -0.39 is 0 Å². The minimum atomic E-state index is 0.343. The number of rotatable bonds is 2. The van der Waals surface area contributed by atoms with E-state index in [-0.39, 0.29) is 0 Å². The zero-order valence-corrected chi connectivity index (χ0v) is 9.68. The van der Waals surface area contributed by atoms with Crippen molar-refractivity contribution in [2.45, 2.75) is 0 Å². The summed E-state index contributed by atoms with van der Waals surface area (Å²) in [5, 5.41) is 5.57. The van der Waals surface area contributed by atoms with Crippen molar-refractivity contribution in [1.29, 1.82) is 0 Å². The molecule has 4 nitrogen and oxygen atoms in total. The predicted molar refractivity (Wildman–Crippen MR) is 58.5 cm³/mol. The van der Waals surface area contributed by atoms with Crippen LogP contribution >= 0.6 is 27.3 Å². The molecule has 0 fully saturated rings. The fourth-order valence-electron chi connectivity index (χ4n) is 1.06. The lowest BCUT2D eigenvalue weighted by molar-refractivity contribution is 0.409. The fraction of sp³-hybridized carbons (Fsp3) is 0.125. The van der Waals surface area contributed by atoms with Crippen molar-refractivity contribution in [2.24, 2.45) is 0 Å². The Morgan fingerprint density at radius 3 is 3.00 bits per heavy atom. The minimum absolute atomic E-state index is 0.343. The van der Waals surface area contributed by atoms with Gasteiger partial charge in [0.2, 0.25) is 0 Å². The molecule has 2 N–H and O–H groups in total. The molecule has 0 spiro atoms. The first-order valence-corrected chi connectivity index (χ1v) is 5.43. The van der Waals surface area contributed by atoms with Crippen LogP contribution in [0.15, 0.2) is 20.4 Å². The first-order chi connectivity index (χ1) is 6.74. The van der Waals surface area contributed by atoms with E-state index in [2.05, 4.69) is 21.1 Å². The second kappa shape index (κ2) is 3.62. The fourth-order valence-corrected chi connectivity index (χ4v) is 2.37. The number of hydrogen-bond acceptors (Lipinski definition) is 5. The summed E-state index contributed by atoms with van der Waals surface area (Å²) in [7, 11) is 1.61. The summed E-state index contributed by atoms with van der Waals surface area (Å²) >= 11 is 4.82. The van der Waals surface area contributed by atoms with E-state index >= 15 is 0 Å². The second-order valence-electron chi connectivity index (χ2n) is 2.53. The monoisotopic (exact) mass is 274 g/mol. The van der Waals surface area contributed by atoms with Crippen LogP contribution in [0.1, 0.15) is 0 Å². The van der Waals surface area contributed by atoms with Gasteiger partial charge in [0.05, 0.1) is 7.11 Å². The normalized spacial score (nSPS) is 10.4. The molecule has 2 aromatic rings. The summed E-state index contributed by atoms with van der Waals surface area (Å²) in [6, 6.07) is 1.87. The van der Waals surface area contributed by atoms with Crippen molar-refractivity contribution in [3.05, 3.63) is 15.9 Å². The first kappa shape index (κ1) is 9.54. The van der Waals surface area contributed by atoms with Gasteiger partial charge in [-0.1, -0.05) is 5.16 Å². The number of thiophene rings is 1. The van der Waals surface area contributed by atoms with Crippen LogP contribution in [-0.2, 0) is 0 Å². The number of halogens is 1. The van der Waals surface area contributed by atoms with E-state index in [0.29, 0.717) is 16.1 Å². The molecule has 14 heavy (non-hydrogen) atoms. The molecule has 0 saturated heterocycles. The van der Waals surface area contributed by atoms with E-state index in [4.69, 9.17) is 15.0 Å². The van der Waals surface area contributed by atoms with Gasteiger partial charge in [0.25, 0.3) is 0 Å². The zero-order valence-electron chi connectivity index (χ0n) is 7.28. The number of hydrogen-bond donors (Lipinski definition) is 1. The molecule has 0 aliphatic carbocycles. The Bertz CT molecular complexity index is 452. The van der Waals surface area contributed by atoms with Gasteiger partial charge in [-0.3, -0.25) is 0 Å². The van der Waals surface area contributed by atoms with E-state index in [9.17, 15) is 0 Å². The lowest BCUT2D eigenvalue weighted by Gasteiger charge is -1.97. The number of nitrogens with zero attached hydrogens (tertiary/aromatic N) is 1. The third-order valence-electron chi connectivity index (χ3n) is 1.71. The Hall–Kier alpha value is -1.01. The molecule has 0 atom stereocenters. The summed E-state index contributed by atoms with van der Waals surface area (Å²) in [5.74, 6) is 1.71. The first-order valence-electron chi connectivity index (χ1n) is 3.76. The molecule has 2 heterocycles. The lowest BCUT2D eigenvalue weighted by atomic mass is 10.3. The van der Waals surface area contributed by atoms with E-state index in [1.54, 1.807) is 7.11 Å². The molecule has 2 aromatic heterocycles. The quantitative estimate of drug-likeness (QED) is 0.915. The Kier molecular flexibility index (Phi) is 2.47. The molecular formula is C8H7BrN2O2S. The zero-order chi connectivity index (χ0) is 10.1. The van der Waals surface area contributed by atoms with Crippen molar-refractivity contribution < 1.29 is 9.26 Å². The van der Waals surface area contributed by atoms with E-state index in [1.165, 1.54) is 11.3 Å². The highest BCUT2D eigenvalue weighted by molar-refractivity contribution is 9.10. The van der Waals surface area contributed by atoms with Gasteiger partial charge in [0.1, 0.15) is 15.1 Å². The Labute approximate surface area is 92.8 Å². The molecular weight excluding hydrogens is 268 g/mol. The van der Waals surface area contributed by atoms with Gasteiger partial charge >= 0.3 is 0 Å². The summed E-state index contributed by atoms with van der Waals surface area (Å²) in [6.07, 6.45) is 0. The van der Waals surface area contributed by atoms with Gasteiger partial charge < -0.3 is 15.0 Å². The third kappa shape index (κ3) is 1.40. The summed E-state index contributed by atoms with van der Waals surface area (Å²) < 4.78 is 10.9. The van der Waals surface area contributed by atoms with Crippen LogP contribution in [0.2, 0.25) is 0 Å². The van der Waals surface area contributed by atoms with E-state index in [0.717, 1.165) is 10.6 Å². The minimum Gasteiger partial charge on any atom is -0.495 e. The third-order valence-corrected chi connectivity index (χ3v) is 3.38. The van der Waals surface area contributed by atoms with Gasteiger partial charge in [-0.15, -0.1) is 11.3 Å². The number of nitrogen functional groups attached to an aromatic ring is 1. The van der Waals surface area contributed by atoms with Gasteiger partial charge in [-0.05, 0) is 27.4 Å². The van der Waals surface area contributed by atoms with Crippen LogP contribution in [0, 0.1) is 0 Å². The molecule has 0 aliphatic heterocycles. The van der Waals surface area contributed by atoms with Crippen molar-refractivity contribution in [1.82, 2.24) is 5.16 Å². The Morgan fingerprint density at radius 1 is 1.64 bits per heavy atom. The molecule has 2 rings (SSSR count). The average molecular weight is 275 g/mol. The molecule has 74 valence electrons. The molecule has 0 aliphatic rings. The van der Waals surface area contributed by atoms with Crippen molar-refractivity contribution >= 4 is 33.1 Å². The van der Waals surface area contributed by atoms with Gasteiger partial charge in [0, 0.05) is 0 Å². The standard InChI is InChI=1S/C8H7BrN2O2S/c1-12-4-2-3-14-7(4)6-5(9)8(10)11-13-6/h2-3H,1H3,(H2,10,11). The van der Waals surface area contributed by atoms with Crippen LogP contribution in [0.5, 0.6) is 5.75 Å². The highest BCUT2D eigenvalue weighted by Crippen LogP contribution is 2.41. The van der Waals surface area contributed by atoms with Crippen molar-refractivity contribution in [2.75, 3.05) is 12.8 Å². The number of aromatic nitrogens is 1. The van der Waals surface area contributed by atoms with E-state index in [1.807, 2.05) is 11.4 Å². The highest BCUT2D eigenvalue weighted by atomic mass is 79.9. The highest BCUT2D eigenvalue weighted by Gasteiger charge is 2.18.